The monoisotopic (exact) mass is 328 g/mol. The first-order valence-electron chi connectivity index (χ1n) is 7.52. The molecule has 3 rings (SSSR count). The molecule has 2 amide bonds. The van der Waals surface area contributed by atoms with Crippen LogP contribution in [0.3, 0.4) is 0 Å². The number of halogens is 1. The topological polar surface area (TPSA) is 81.4 Å². The lowest BCUT2D eigenvalue weighted by Gasteiger charge is -2.18. The van der Waals surface area contributed by atoms with Crippen LogP contribution in [0.25, 0.3) is 0 Å². The number of anilines is 1. The number of hydrogen-bond donors (Lipinski definition) is 2. The summed E-state index contributed by atoms with van der Waals surface area (Å²) in [4.78, 5) is 24.0. The van der Waals surface area contributed by atoms with Gasteiger partial charge in [-0.3, -0.25) is 9.59 Å². The molecule has 0 heterocycles. The van der Waals surface area contributed by atoms with Crippen molar-refractivity contribution in [2.24, 2.45) is 5.73 Å². The third-order valence-electron chi connectivity index (χ3n) is 4.30. The van der Waals surface area contributed by atoms with Crippen LogP contribution in [-0.4, -0.2) is 18.9 Å². The Labute approximate surface area is 138 Å². The van der Waals surface area contributed by atoms with Crippen molar-refractivity contribution in [1.29, 1.82) is 0 Å². The summed E-state index contributed by atoms with van der Waals surface area (Å²) >= 11 is 0. The second-order valence-electron chi connectivity index (χ2n) is 5.80. The molecule has 6 heteroatoms. The molecular weight excluding hydrogens is 311 g/mol. The summed E-state index contributed by atoms with van der Waals surface area (Å²) in [5.74, 6) is -1.16. The van der Waals surface area contributed by atoms with E-state index in [9.17, 15) is 14.0 Å². The van der Waals surface area contributed by atoms with Gasteiger partial charge in [0.2, 0.25) is 5.91 Å². The van der Waals surface area contributed by atoms with Crippen LogP contribution in [0.4, 0.5) is 10.1 Å². The first-order chi connectivity index (χ1) is 11.5. The van der Waals surface area contributed by atoms with E-state index in [4.69, 9.17) is 10.5 Å². The standard InChI is InChI=1S/C18H17FN2O3/c1-24-15-5-3-2-4-13(15)18(8-9-18)17(23)21-11-6-7-14(19)12(10-11)16(20)22/h2-7,10H,8-9H2,1H3,(H2,20,22)(H,21,23). The number of hydrogen-bond acceptors (Lipinski definition) is 3. The molecule has 0 radical (unpaired) electrons. The van der Waals surface area contributed by atoms with Gasteiger partial charge in [0.05, 0.1) is 18.1 Å². The van der Waals surface area contributed by atoms with Crippen molar-refractivity contribution >= 4 is 17.5 Å². The van der Waals surface area contributed by atoms with Gasteiger partial charge < -0.3 is 15.8 Å². The molecule has 0 unspecified atom stereocenters. The number of primary amides is 1. The fourth-order valence-corrected chi connectivity index (χ4v) is 2.83. The number of carbonyl (C=O) groups excluding carboxylic acids is 2. The van der Waals surface area contributed by atoms with Crippen molar-refractivity contribution in [3.8, 4) is 5.75 Å². The lowest BCUT2D eigenvalue weighted by molar-refractivity contribution is -0.118. The molecule has 1 aliphatic rings. The summed E-state index contributed by atoms with van der Waals surface area (Å²) in [6.07, 6.45) is 1.39. The second kappa shape index (κ2) is 5.96. The number of benzene rings is 2. The van der Waals surface area contributed by atoms with Gasteiger partial charge in [-0.15, -0.1) is 0 Å². The van der Waals surface area contributed by atoms with Gasteiger partial charge in [-0.1, -0.05) is 18.2 Å². The SMILES string of the molecule is COc1ccccc1C1(C(=O)Nc2ccc(F)c(C(N)=O)c2)CC1. The summed E-state index contributed by atoms with van der Waals surface area (Å²) in [5.41, 5.74) is 5.37. The zero-order chi connectivity index (χ0) is 17.3. The van der Waals surface area contributed by atoms with E-state index in [1.165, 1.54) is 12.1 Å². The first-order valence-corrected chi connectivity index (χ1v) is 7.52. The molecule has 0 bridgehead atoms. The van der Waals surface area contributed by atoms with E-state index < -0.39 is 17.1 Å². The first kappa shape index (κ1) is 16.0. The van der Waals surface area contributed by atoms with Crippen LogP contribution in [0.2, 0.25) is 0 Å². The Morgan fingerprint density at radius 1 is 1.21 bits per heavy atom. The number of nitrogens with two attached hydrogens (primary N) is 1. The average molecular weight is 328 g/mol. The van der Waals surface area contributed by atoms with Crippen molar-refractivity contribution in [3.63, 3.8) is 0 Å². The van der Waals surface area contributed by atoms with Crippen LogP contribution in [-0.2, 0) is 10.2 Å². The van der Waals surface area contributed by atoms with Crippen molar-refractivity contribution in [2.45, 2.75) is 18.3 Å². The van der Waals surface area contributed by atoms with Crippen LogP contribution >= 0.6 is 0 Å². The van der Waals surface area contributed by atoms with E-state index in [1.807, 2.05) is 24.3 Å². The minimum atomic E-state index is -0.880. The van der Waals surface area contributed by atoms with Gasteiger partial charge in [0, 0.05) is 11.3 Å². The molecule has 0 aromatic heterocycles. The fourth-order valence-electron chi connectivity index (χ4n) is 2.83. The molecule has 0 saturated heterocycles. The molecule has 0 aliphatic heterocycles. The largest absolute Gasteiger partial charge is 0.496 e. The van der Waals surface area contributed by atoms with Crippen LogP contribution in [0, 0.1) is 5.82 Å². The lowest BCUT2D eigenvalue weighted by Crippen LogP contribution is -2.28. The van der Waals surface area contributed by atoms with Crippen LogP contribution in [0.15, 0.2) is 42.5 Å². The number of amides is 2. The highest BCUT2D eigenvalue weighted by molar-refractivity contribution is 6.03. The van der Waals surface area contributed by atoms with E-state index in [1.54, 1.807) is 7.11 Å². The van der Waals surface area contributed by atoms with Crippen LogP contribution in [0.1, 0.15) is 28.8 Å². The lowest BCUT2D eigenvalue weighted by atomic mass is 9.93. The van der Waals surface area contributed by atoms with E-state index in [0.29, 0.717) is 24.3 Å². The molecule has 24 heavy (non-hydrogen) atoms. The molecule has 5 nitrogen and oxygen atoms in total. The number of ether oxygens (including phenoxy) is 1. The molecule has 0 spiro atoms. The Hall–Kier alpha value is -2.89. The van der Waals surface area contributed by atoms with Gasteiger partial charge in [-0.05, 0) is 37.1 Å². The normalized spacial score (nSPS) is 14.8. The van der Waals surface area contributed by atoms with Crippen LogP contribution < -0.4 is 15.8 Å². The number of nitrogens with one attached hydrogen (secondary N) is 1. The van der Waals surface area contributed by atoms with Crippen molar-refractivity contribution in [3.05, 3.63) is 59.4 Å². The highest BCUT2D eigenvalue weighted by atomic mass is 19.1. The number of para-hydroxylation sites is 1. The summed E-state index contributed by atoms with van der Waals surface area (Å²) in [7, 11) is 1.56. The molecule has 1 fully saturated rings. The highest BCUT2D eigenvalue weighted by Gasteiger charge is 2.52. The molecule has 124 valence electrons. The Morgan fingerprint density at radius 2 is 1.92 bits per heavy atom. The van der Waals surface area contributed by atoms with Crippen molar-refractivity contribution in [2.75, 3.05) is 12.4 Å². The van der Waals surface area contributed by atoms with E-state index in [0.717, 1.165) is 11.6 Å². The molecule has 3 N–H and O–H groups in total. The van der Waals surface area contributed by atoms with Gasteiger partial charge in [0.25, 0.3) is 5.91 Å². The summed E-state index contributed by atoms with van der Waals surface area (Å²) < 4.78 is 18.9. The second-order valence-corrected chi connectivity index (χ2v) is 5.80. The van der Waals surface area contributed by atoms with E-state index >= 15 is 0 Å². The predicted octanol–water partition coefficient (Wildman–Crippen LogP) is 2.60. The number of rotatable bonds is 5. The fraction of sp³-hybridized carbons (Fsp3) is 0.222. The maximum atomic E-state index is 13.5. The predicted molar refractivity (Wildman–Crippen MR) is 87.5 cm³/mol. The quantitative estimate of drug-likeness (QED) is 0.885. The minimum Gasteiger partial charge on any atom is -0.496 e. The molecule has 2 aromatic rings. The average Bonchev–Trinajstić information content (AvgIpc) is 3.38. The van der Waals surface area contributed by atoms with Crippen molar-refractivity contribution < 1.29 is 18.7 Å². The third kappa shape index (κ3) is 2.71. The maximum absolute atomic E-state index is 13.5. The molecule has 2 aromatic carbocycles. The smallest absolute Gasteiger partial charge is 0.251 e. The Balaban J connectivity index is 1.88. The summed E-state index contributed by atoms with van der Waals surface area (Å²) in [5, 5.41) is 2.75. The Bertz CT molecular complexity index is 816. The van der Waals surface area contributed by atoms with Gasteiger partial charge in [-0.2, -0.15) is 0 Å². The molecule has 1 aliphatic carbocycles. The van der Waals surface area contributed by atoms with Gasteiger partial charge in [0.1, 0.15) is 11.6 Å². The Kier molecular flexibility index (Phi) is 3.97. The summed E-state index contributed by atoms with van der Waals surface area (Å²) in [6.45, 7) is 0. The molecule has 0 atom stereocenters. The van der Waals surface area contributed by atoms with Crippen LogP contribution in [0.5, 0.6) is 5.75 Å². The molecule has 1 saturated carbocycles. The summed E-state index contributed by atoms with van der Waals surface area (Å²) in [6, 6.07) is 11.1. The number of carbonyl (C=O) groups is 2. The van der Waals surface area contributed by atoms with Gasteiger partial charge >= 0.3 is 0 Å². The Morgan fingerprint density at radius 3 is 2.54 bits per heavy atom. The highest BCUT2D eigenvalue weighted by Crippen LogP contribution is 2.51. The van der Waals surface area contributed by atoms with Gasteiger partial charge in [0.15, 0.2) is 0 Å². The van der Waals surface area contributed by atoms with Crippen molar-refractivity contribution in [1.82, 2.24) is 0 Å². The maximum Gasteiger partial charge on any atom is 0.251 e. The van der Waals surface area contributed by atoms with Gasteiger partial charge in [-0.25, -0.2) is 4.39 Å². The third-order valence-corrected chi connectivity index (χ3v) is 4.30. The van der Waals surface area contributed by atoms with E-state index in [2.05, 4.69) is 5.32 Å². The number of methoxy groups -OCH3 is 1. The molecular formula is C18H17FN2O3. The zero-order valence-corrected chi connectivity index (χ0v) is 13.1. The minimum absolute atomic E-state index is 0.214. The zero-order valence-electron chi connectivity index (χ0n) is 13.1. The van der Waals surface area contributed by atoms with E-state index in [-0.39, 0.29) is 11.5 Å².